The number of thioether (sulfide) groups is 1. The minimum atomic E-state index is 0.419. The molecule has 0 unspecified atom stereocenters. The van der Waals surface area contributed by atoms with Crippen LogP contribution in [-0.4, -0.2) is 11.2 Å². The van der Waals surface area contributed by atoms with Gasteiger partial charge in [-0.2, -0.15) is 0 Å². The van der Waals surface area contributed by atoms with Crippen molar-refractivity contribution in [2.75, 3.05) is 17.3 Å². The molecule has 2 rings (SSSR count). The average molecular weight is 266 g/mol. The Morgan fingerprint density at radius 3 is 2.53 bits per heavy atom. The van der Waals surface area contributed by atoms with Crippen LogP contribution in [0.4, 0.5) is 17.2 Å². The van der Waals surface area contributed by atoms with E-state index in [9.17, 15) is 0 Å². The van der Waals surface area contributed by atoms with E-state index < -0.39 is 0 Å². The van der Waals surface area contributed by atoms with Crippen molar-refractivity contribution in [3.63, 3.8) is 0 Å². The van der Waals surface area contributed by atoms with Gasteiger partial charge in [0.05, 0.1) is 5.69 Å². The highest BCUT2D eigenvalue weighted by molar-refractivity contribution is 7.98. The first-order valence-corrected chi connectivity index (χ1v) is 6.62. The Balaban J connectivity index is 2.22. The first-order valence-electron chi connectivity index (χ1n) is 5.02. The first-order chi connectivity index (χ1) is 8.19. The average Bonchev–Trinajstić information content (AvgIpc) is 2.35. The molecule has 3 N–H and O–H groups in total. The Morgan fingerprint density at radius 2 is 1.88 bits per heavy atom. The molecule has 1 aromatic carbocycles. The number of pyridine rings is 1. The lowest BCUT2D eigenvalue weighted by Crippen LogP contribution is -1.99. The molecule has 5 heteroatoms. The smallest absolute Gasteiger partial charge is 0.155 e. The summed E-state index contributed by atoms with van der Waals surface area (Å²) in [6.45, 7) is 0. The molecule has 0 saturated carbocycles. The van der Waals surface area contributed by atoms with Crippen molar-refractivity contribution in [3.05, 3.63) is 41.6 Å². The molecule has 1 heterocycles. The number of nitrogen functional groups attached to an aromatic ring is 1. The van der Waals surface area contributed by atoms with Gasteiger partial charge < -0.3 is 11.1 Å². The molecule has 3 nitrogen and oxygen atoms in total. The number of nitrogens with zero attached hydrogens (tertiary/aromatic N) is 1. The third kappa shape index (κ3) is 3.05. The molecule has 0 saturated heterocycles. The molecule has 17 heavy (non-hydrogen) atoms. The zero-order valence-electron chi connectivity index (χ0n) is 9.27. The molecule has 2 aromatic rings. The maximum absolute atomic E-state index is 5.82. The summed E-state index contributed by atoms with van der Waals surface area (Å²) >= 11 is 7.52. The second-order valence-corrected chi connectivity index (χ2v) is 4.69. The number of benzene rings is 1. The zero-order valence-corrected chi connectivity index (χ0v) is 10.8. The lowest BCUT2D eigenvalue weighted by Gasteiger charge is -2.08. The third-order valence-electron chi connectivity index (χ3n) is 2.25. The number of nitrogens with one attached hydrogen (secondary N) is 1. The Bertz CT molecular complexity index is 514. The SMILES string of the molecule is CSc1ccc(Nc2nc(Cl)ccc2N)cc1. The Morgan fingerprint density at radius 1 is 1.18 bits per heavy atom. The van der Waals surface area contributed by atoms with Crippen LogP contribution in [0.2, 0.25) is 5.15 Å². The van der Waals surface area contributed by atoms with Crippen molar-refractivity contribution in [3.8, 4) is 0 Å². The predicted molar refractivity (Wildman–Crippen MR) is 75.2 cm³/mol. The monoisotopic (exact) mass is 265 g/mol. The number of hydrogen-bond acceptors (Lipinski definition) is 4. The summed E-state index contributed by atoms with van der Waals surface area (Å²) in [5, 5.41) is 3.55. The van der Waals surface area contributed by atoms with Crippen molar-refractivity contribution < 1.29 is 0 Å². The van der Waals surface area contributed by atoms with Crippen LogP contribution in [0.1, 0.15) is 0 Å². The van der Waals surface area contributed by atoms with Gasteiger partial charge in [-0.3, -0.25) is 0 Å². The van der Waals surface area contributed by atoms with Gasteiger partial charge in [0.2, 0.25) is 0 Å². The fraction of sp³-hybridized carbons (Fsp3) is 0.0833. The van der Waals surface area contributed by atoms with Crippen LogP contribution in [0.5, 0.6) is 0 Å². The minimum absolute atomic E-state index is 0.419. The van der Waals surface area contributed by atoms with Gasteiger partial charge in [0.1, 0.15) is 5.15 Å². The van der Waals surface area contributed by atoms with E-state index >= 15 is 0 Å². The number of halogens is 1. The van der Waals surface area contributed by atoms with Crippen LogP contribution in [0, 0.1) is 0 Å². The summed E-state index contributed by atoms with van der Waals surface area (Å²) in [5.41, 5.74) is 7.31. The summed E-state index contributed by atoms with van der Waals surface area (Å²) in [7, 11) is 0. The van der Waals surface area contributed by atoms with Crippen LogP contribution in [-0.2, 0) is 0 Å². The second kappa shape index (κ2) is 5.29. The van der Waals surface area contributed by atoms with Gasteiger partial charge in [-0.25, -0.2) is 4.98 Å². The number of nitrogens with two attached hydrogens (primary N) is 1. The van der Waals surface area contributed by atoms with Gasteiger partial charge in [0, 0.05) is 10.6 Å². The Kier molecular flexibility index (Phi) is 3.76. The second-order valence-electron chi connectivity index (χ2n) is 3.43. The van der Waals surface area contributed by atoms with Gasteiger partial charge in [-0.15, -0.1) is 11.8 Å². The van der Waals surface area contributed by atoms with E-state index in [0.717, 1.165) is 5.69 Å². The van der Waals surface area contributed by atoms with Crippen LogP contribution in [0.3, 0.4) is 0 Å². The van der Waals surface area contributed by atoms with Gasteiger partial charge >= 0.3 is 0 Å². The number of aromatic nitrogens is 1. The van der Waals surface area contributed by atoms with E-state index in [1.807, 2.05) is 30.5 Å². The molecule has 0 bridgehead atoms. The van der Waals surface area contributed by atoms with Crippen molar-refractivity contribution in [1.82, 2.24) is 4.98 Å². The number of hydrogen-bond donors (Lipinski definition) is 2. The van der Waals surface area contributed by atoms with E-state index in [-0.39, 0.29) is 0 Å². The largest absolute Gasteiger partial charge is 0.396 e. The van der Waals surface area contributed by atoms with Crippen molar-refractivity contribution in [1.29, 1.82) is 0 Å². The third-order valence-corrected chi connectivity index (χ3v) is 3.20. The van der Waals surface area contributed by atoms with Gasteiger partial charge in [0.15, 0.2) is 5.82 Å². The molecule has 88 valence electrons. The van der Waals surface area contributed by atoms with Crippen molar-refractivity contribution >= 4 is 40.6 Å². The standard InChI is InChI=1S/C12H12ClN3S/c1-17-9-4-2-8(3-5-9)15-12-10(14)6-7-11(13)16-12/h2-7H,14H2,1H3,(H,15,16). The van der Waals surface area contributed by atoms with Crippen LogP contribution in [0.15, 0.2) is 41.3 Å². The molecule has 0 aliphatic heterocycles. The Hall–Kier alpha value is -1.39. The van der Waals surface area contributed by atoms with Crippen LogP contribution >= 0.6 is 23.4 Å². The van der Waals surface area contributed by atoms with Gasteiger partial charge in [-0.05, 0) is 42.7 Å². The van der Waals surface area contributed by atoms with Gasteiger partial charge in [-0.1, -0.05) is 11.6 Å². The molecule has 0 aliphatic rings. The molecule has 0 aliphatic carbocycles. The van der Waals surface area contributed by atoms with Crippen LogP contribution < -0.4 is 11.1 Å². The maximum atomic E-state index is 5.82. The molecule has 0 fully saturated rings. The van der Waals surface area contributed by atoms with E-state index in [4.69, 9.17) is 17.3 Å². The number of anilines is 3. The molecule has 1 aromatic heterocycles. The molecular formula is C12H12ClN3S. The summed E-state index contributed by atoms with van der Waals surface area (Å²) in [6.07, 6.45) is 2.04. The summed E-state index contributed by atoms with van der Waals surface area (Å²) in [4.78, 5) is 5.35. The summed E-state index contributed by atoms with van der Waals surface area (Å²) in [6, 6.07) is 11.4. The first kappa shape index (κ1) is 12.1. The highest BCUT2D eigenvalue weighted by Crippen LogP contribution is 2.24. The van der Waals surface area contributed by atoms with E-state index in [2.05, 4.69) is 10.3 Å². The Labute approximate surface area is 109 Å². The normalized spacial score (nSPS) is 10.2. The summed E-state index contributed by atoms with van der Waals surface area (Å²) < 4.78 is 0. The molecule has 0 spiro atoms. The van der Waals surface area contributed by atoms with E-state index in [0.29, 0.717) is 16.7 Å². The molecule has 0 atom stereocenters. The van der Waals surface area contributed by atoms with Crippen LogP contribution in [0.25, 0.3) is 0 Å². The molecule has 0 amide bonds. The quantitative estimate of drug-likeness (QED) is 0.655. The predicted octanol–water partition coefficient (Wildman–Crippen LogP) is 3.78. The lowest BCUT2D eigenvalue weighted by atomic mass is 10.3. The maximum Gasteiger partial charge on any atom is 0.155 e. The fourth-order valence-corrected chi connectivity index (χ4v) is 1.91. The van der Waals surface area contributed by atoms with Gasteiger partial charge in [0.25, 0.3) is 0 Å². The fourth-order valence-electron chi connectivity index (χ4n) is 1.36. The highest BCUT2D eigenvalue weighted by Gasteiger charge is 2.02. The minimum Gasteiger partial charge on any atom is -0.396 e. The molecule has 0 radical (unpaired) electrons. The molecular weight excluding hydrogens is 254 g/mol. The number of rotatable bonds is 3. The van der Waals surface area contributed by atoms with E-state index in [1.165, 1.54) is 4.90 Å². The summed E-state index contributed by atoms with van der Waals surface area (Å²) in [5.74, 6) is 0.578. The van der Waals surface area contributed by atoms with E-state index in [1.54, 1.807) is 23.9 Å². The topological polar surface area (TPSA) is 50.9 Å². The van der Waals surface area contributed by atoms with Crippen molar-refractivity contribution in [2.45, 2.75) is 4.90 Å². The lowest BCUT2D eigenvalue weighted by molar-refractivity contribution is 1.31. The van der Waals surface area contributed by atoms with Crippen molar-refractivity contribution in [2.24, 2.45) is 0 Å². The zero-order chi connectivity index (χ0) is 12.3. The highest BCUT2D eigenvalue weighted by atomic mass is 35.5.